The average molecular weight is 376 g/mol. The number of alkyl carbamates (subject to hydrolysis) is 1. The van der Waals surface area contributed by atoms with Crippen LogP contribution in [0.5, 0.6) is 0 Å². The van der Waals surface area contributed by atoms with E-state index in [9.17, 15) is 14.4 Å². The molecule has 0 bridgehead atoms. The van der Waals surface area contributed by atoms with Gasteiger partial charge in [-0.2, -0.15) is 0 Å². The number of rotatable bonds is 10. The second-order valence-corrected chi connectivity index (χ2v) is 6.78. The summed E-state index contributed by atoms with van der Waals surface area (Å²) in [6.07, 6.45) is 4.44. The lowest BCUT2D eigenvalue weighted by molar-refractivity contribution is -0.125. The predicted molar refractivity (Wildman–Crippen MR) is 100 cm³/mol. The normalized spacial score (nSPS) is 15.1. The van der Waals surface area contributed by atoms with Gasteiger partial charge in [0.25, 0.3) is 5.91 Å². The van der Waals surface area contributed by atoms with Gasteiger partial charge in [0.1, 0.15) is 12.6 Å². The number of carbonyl (C=O) groups excluding carboxylic acids is 3. The SMILES string of the molecule is NC(=O)CCNNC(=O)C(CC1CCCC1)NC(=O)OCc1ccccc1. The molecule has 27 heavy (non-hydrogen) atoms. The minimum Gasteiger partial charge on any atom is -0.445 e. The van der Waals surface area contributed by atoms with Crippen LogP contribution >= 0.6 is 0 Å². The van der Waals surface area contributed by atoms with Crippen LogP contribution in [0.3, 0.4) is 0 Å². The van der Waals surface area contributed by atoms with Gasteiger partial charge in [-0.05, 0) is 17.9 Å². The molecule has 5 N–H and O–H groups in total. The highest BCUT2D eigenvalue weighted by Crippen LogP contribution is 2.28. The Morgan fingerprint density at radius 2 is 1.85 bits per heavy atom. The lowest BCUT2D eigenvalue weighted by Gasteiger charge is -2.21. The molecular formula is C19H28N4O4. The molecule has 1 aromatic rings. The number of benzene rings is 1. The Bertz CT molecular complexity index is 617. The molecule has 3 amide bonds. The van der Waals surface area contributed by atoms with Crippen molar-refractivity contribution >= 4 is 17.9 Å². The number of hydrazine groups is 1. The summed E-state index contributed by atoms with van der Waals surface area (Å²) in [5, 5.41) is 2.66. The van der Waals surface area contributed by atoms with Crippen molar-refractivity contribution in [3.8, 4) is 0 Å². The van der Waals surface area contributed by atoms with Crippen molar-refractivity contribution in [2.24, 2.45) is 11.7 Å². The molecule has 1 aromatic carbocycles. The van der Waals surface area contributed by atoms with Crippen molar-refractivity contribution in [1.29, 1.82) is 0 Å². The average Bonchev–Trinajstić information content (AvgIpc) is 3.16. The smallest absolute Gasteiger partial charge is 0.408 e. The molecule has 1 aliphatic rings. The molecule has 2 rings (SSSR count). The maximum absolute atomic E-state index is 12.4. The van der Waals surface area contributed by atoms with E-state index in [0.29, 0.717) is 12.3 Å². The van der Waals surface area contributed by atoms with E-state index in [4.69, 9.17) is 10.5 Å². The molecule has 0 spiro atoms. The first-order valence-electron chi connectivity index (χ1n) is 9.33. The van der Waals surface area contributed by atoms with Gasteiger partial charge in [0, 0.05) is 13.0 Å². The Morgan fingerprint density at radius 3 is 2.52 bits per heavy atom. The molecular weight excluding hydrogens is 348 g/mol. The fourth-order valence-corrected chi connectivity index (χ4v) is 3.14. The van der Waals surface area contributed by atoms with Gasteiger partial charge in [-0.25, -0.2) is 10.2 Å². The maximum Gasteiger partial charge on any atom is 0.408 e. The van der Waals surface area contributed by atoms with Crippen LogP contribution in [0.2, 0.25) is 0 Å². The van der Waals surface area contributed by atoms with E-state index < -0.39 is 18.0 Å². The van der Waals surface area contributed by atoms with E-state index in [0.717, 1.165) is 31.2 Å². The summed E-state index contributed by atoms with van der Waals surface area (Å²) in [5.74, 6) is -0.411. The summed E-state index contributed by atoms with van der Waals surface area (Å²) in [6, 6.07) is 8.64. The van der Waals surface area contributed by atoms with Crippen LogP contribution in [0.4, 0.5) is 4.79 Å². The Balaban J connectivity index is 1.83. The van der Waals surface area contributed by atoms with E-state index in [1.54, 1.807) is 0 Å². The monoisotopic (exact) mass is 376 g/mol. The molecule has 0 heterocycles. The second-order valence-electron chi connectivity index (χ2n) is 6.78. The van der Waals surface area contributed by atoms with Crippen LogP contribution < -0.4 is 21.9 Å². The van der Waals surface area contributed by atoms with Crippen molar-refractivity contribution < 1.29 is 19.1 Å². The largest absolute Gasteiger partial charge is 0.445 e. The van der Waals surface area contributed by atoms with Gasteiger partial charge in [-0.15, -0.1) is 0 Å². The topological polar surface area (TPSA) is 123 Å². The van der Waals surface area contributed by atoms with Crippen LogP contribution in [0.25, 0.3) is 0 Å². The van der Waals surface area contributed by atoms with Gasteiger partial charge in [0.05, 0.1) is 0 Å². The molecule has 0 saturated heterocycles. The molecule has 1 fully saturated rings. The molecule has 0 aliphatic heterocycles. The van der Waals surface area contributed by atoms with Crippen LogP contribution in [0.1, 0.15) is 44.1 Å². The molecule has 1 aliphatic carbocycles. The zero-order valence-corrected chi connectivity index (χ0v) is 15.4. The lowest BCUT2D eigenvalue weighted by Crippen LogP contribution is -2.52. The van der Waals surface area contributed by atoms with E-state index in [-0.39, 0.29) is 25.5 Å². The van der Waals surface area contributed by atoms with Crippen LogP contribution in [-0.2, 0) is 20.9 Å². The fourth-order valence-electron chi connectivity index (χ4n) is 3.14. The van der Waals surface area contributed by atoms with Gasteiger partial charge >= 0.3 is 6.09 Å². The first kappa shape index (κ1) is 20.7. The summed E-state index contributed by atoms with van der Waals surface area (Å²) in [7, 11) is 0. The summed E-state index contributed by atoms with van der Waals surface area (Å²) in [4.78, 5) is 35.3. The number of hydrogen-bond acceptors (Lipinski definition) is 5. The molecule has 1 atom stereocenters. The van der Waals surface area contributed by atoms with E-state index in [1.165, 1.54) is 0 Å². The van der Waals surface area contributed by atoms with E-state index in [2.05, 4.69) is 16.2 Å². The van der Waals surface area contributed by atoms with Crippen molar-refractivity contribution in [1.82, 2.24) is 16.2 Å². The fraction of sp³-hybridized carbons (Fsp3) is 0.526. The molecule has 8 heteroatoms. The number of nitrogens with one attached hydrogen (secondary N) is 3. The summed E-state index contributed by atoms with van der Waals surface area (Å²) >= 11 is 0. The highest BCUT2D eigenvalue weighted by molar-refractivity contribution is 5.85. The molecule has 0 radical (unpaired) electrons. The van der Waals surface area contributed by atoms with Crippen molar-refractivity contribution in [2.75, 3.05) is 6.54 Å². The highest BCUT2D eigenvalue weighted by Gasteiger charge is 2.27. The van der Waals surface area contributed by atoms with Crippen molar-refractivity contribution in [2.45, 2.75) is 51.2 Å². The first-order chi connectivity index (χ1) is 13.0. The third-order valence-corrected chi connectivity index (χ3v) is 4.57. The molecule has 1 unspecified atom stereocenters. The Morgan fingerprint density at radius 1 is 1.15 bits per heavy atom. The van der Waals surface area contributed by atoms with E-state index in [1.807, 2.05) is 30.3 Å². The zero-order chi connectivity index (χ0) is 19.5. The first-order valence-corrected chi connectivity index (χ1v) is 9.33. The summed E-state index contributed by atoms with van der Waals surface area (Å²) < 4.78 is 5.22. The molecule has 148 valence electrons. The predicted octanol–water partition coefficient (Wildman–Crippen LogP) is 1.36. The number of hydrogen-bond donors (Lipinski definition) is 4. The Hall–Kier alpha value is -2.61. The van der Waals surface area contributed by atoms with Gasteiger partial charge in [-0.3, -0.25) is 15.0 Å². The summed E-state index contributed by atoms with van der Waals surface area (Å²) in [5.41, 5.74) is 11.1. The number of amides is 3. The number of ether oxygens (including phenoxy) is 1. The van der Waals surface area contributed by atoms with Crippen LogP contribution in [0, 0.1) is 5.92 Å². The van der Waals surface area contributed by atoms with Gasteiger partial charge < -0.3 is 15.8 Å². The lowest BCUT2D eigenvalue weighted by atomic mass is 9.98. The van der Waals surface area contributed by atoms with E-state index >= 15 is 0 Å². The number of nitrogens with two attached hydrogens (primary N) is 1. The molecule has 0 aromatic heterocycles. The highest BCUT2D eigenvalue weighted by atomic mass is 16.5. The van der Waals surface area contributed by atoms with Gasteiger partial charge in [0.15, 0.2) is 0 Å². The van der Waals surface area contributed by atoms with Crippen molar-refractivity contribution in [3.63, 3.8) is 0 Å². The standard InChI is InChI=1S/C19H28N4O4/c20-17(24)10-11-21-23-18(25)16(12-14-6-4-5-7-14)22-19(26)27-13-15-8-2-1-3-9-15/h1-3,8-9,14,16,21H,4-7,10-13H2,(H2,20,24)(H,22,26)(H,23,25). The second kappa shape index (κ2) is 11.2. The van der Waals surface area contributed by atoms with Crippen molar-refractivity contribution in [3.05, 3.63) is 35.9 Å². The quantitative estimate of drug-likeness (QED) is 0.363. The Kier molecular flexibility index (Phi) is 8.57. The Labute approximate surface area is 159 Å². The van der Waals surface area contributed by atoms with Gasteiger partial charge in [0.2, 0.25) is 5.91 Å². The summed E-state index contributed by atoms with van der Waals surface area (Å²) in [6.45, 7) is 0.372. The minimum absolute atomic E-state index is 0.111. The maximum atomic E-state index is 12.4. The van der Waals surface area contributed by atoms with Gasteiger partial charge in [-0.1, -0.05) is 56.0 Å². The zero-order valence-electron chi connectivity index (χ0n) is 15.4. The number of carbonyl (C=O) groups is 3. The minimum atomic E-state index is -0.697. The third-order valence-electron chi connectivity index (χ3n) is 4.57. The molecule has 8 nitrogen and oxygen atoms in total. The van der Waals surface area contributed by atoms with Crippen LogP contribution in [0.15, 0.2) is 30.3 Å². The van der Waals surface area contributed by atoms with Crippen LogP contribution in [-0.4, -0.2) is 30.5 Å². The molecule has 1 saturated carbocycles. The number of primary amides is 1. The third kappa shape index (κ3) is 8.08.